The smallest absolute Gasteiger partial charge is 0.123 e. The van der Waals surface area contributed by atoms with Crippen LogP contribution in [0.2, 0.25) is 0 Å². The van der Waals surface area contributed by atoms with Gasteiger partial charge in [-0.15, -0.1) is 0 Å². The average molecular weight is 232 g/mol. The van der Waals surface area contributed by atoms with Gasteiger partial charge in [0.1, 0.15) is 5.82 Å². The van der Waals surface area contributed by atoms with Crippen molar-refractivity contribution < 1.29 is 4.39 Å². The van der Waals surface area contributed by atoms with Crippen LogP contribution in [0.1, 0.15) is 30.8 Å². The molecule has 0 aliphatic heterocycles. The maximum Gasteiger partial charge on any atom is 0.123 e. The number of nitrogens with zero attached hydrogens (tertiary/aromatic N) is 2. The average Bonchev–Trinajstić information content (AvgIpc) is 2.71. The van der Waals surface area contributed by atoms with Crippen molar-refractivity contribution in [2.24, 2.45) is 0 Å². The van der Waals surface area contributed by atoms with E-state index >= 15 is 0 Å². The molecule has 90 valence electrons. The van der Waals surface area contributed by atoms with Gasteiger partial charge in [0.25, 0.3) is 0 Å². The molecule has 0 aliphatic rings. The third kappa shape index (κ3) is 2.73. The summed E-state index contributed by atoms with van der Waals surface area (Å²) in [6.07, 6.45) is 1.88. The molecule has 0 spiro atoms. The molecular formula is C14H17FN2. The first kappa shape index (κ1) is 11.8. The molecule has 0 fully saturated rings. The van der Waals surface area contributed by atoms with Gasteiger partial charge in [0.15, 0.2) is 0 Å². The van der Waals surface area contributed by atoms with Gasteiger partial charge in [-0.1, -0.05) is 26.0 Å². The van der Waals surface area contributed by atoms with Gasteiger partial charge in [0, 0.05) is 5.69 Å². The summed E-state index contributed by atoms with van der Waals surface area (Å²) in [6.45, 7) is 4.84. The Balaban J connectivity index is 2.25. The van der Waals surface area contributed by atoms with Crippen molar-refractivity contribution in [2.45, 2.75) is 33.2 Å². The Morgan fingerprint density at radius 1 is 1.18 bits per heavy atom. The summed E-state index contributed by atoms with van der Waals surface area (Å²) in [4.78, 5) is 0. The molecule has 0 N–H and O–H groups in total. The molecule has 3 heteroatoms. The topological polar surface area (TPSA) is 17.8 Å². The number of rotatable bonds is 4. The predicted molar refractivity (Wildman–Crippen MR) is 66.5 cm³/mol. The maximum atomic E-state index is 13.1. The van der Waals surface area contributed by atoms with Gasteiger partial charge >= 0.3 is 0 Å². The van der Waals surface area contributed by atoms with Crippen LogP contribution in [0.3, 0.4) is 0 Å². The second-order valence-corrected chi connectivity index (χ2v) is 4.12. The van der Waals surface area contributed by atoms with Crippen LogP contribution in [0.15, 0.2) is 30.3 Å². The molecule has 0 aliphatic carbocycles. The molecule has 1 aromatic heterocycles. The van der Waals surface area contributed by atoms with E-state index in [0.29, 0.717) is 6.54 Å². The van der Waals surface area contributed by atoms with Gasteiger partial charge in [-0.25, -0.2) is 4.39 Å². The Kier molecular flexibility index (Phi) is 3.57. The van der Waals surface area contributed by atoms with E-state index in [9.17, 15) is 4.39 Å². The van der Waals surface area contributed by atoms with E-state index in [1.54, 1.807) is 12.1 Å². The molecule has 0 radical (unpaired) electrons. The van der Waals surface area contributed by atoms with E-state index < -0.39 is 0 Å². The molecule has 17 heavy (non-hydrogen) atoms. The van der Waals surface area contributed by atoms with Crippen molar-refractivity contribution in [1.29, 1.82) is 0 Å². The van der Waals surface area contributed by atoms with Crippen LogP contribution < -0.4 is 0 Å². The van der Waals surface area contributed by atoms with E-state index in [2.05, 4.69) is 25.0 Å². The van der Waals surface area contributed by atoms with Gasteiger partial charge in [-0.3, -0.25) is 4.68 Å². The van der Waals surface area contributed by atoms with Crippen molar-refractivity contribution in [2.75, 3.05) is 0 Å². The third-order valence-corrected chi connectivity index (χ3v) is 2.86. The van der Waals surface area contributed by atoms with Crippen LogP contribution in [0.5, 0.6) is 0 Å². The van der Waals surface area contributed by atoms with E-state index in [4.69, 9.17) is 0 Å². The number of halogens is 1. The van der Waals surface area contributed by atoms with Crippen LogP contribution in [-0.2, 0) is 19.4 Å². The number of hydrogen-bond donors (Lipinski definition) is 0. The van der Waals surface area contributed by atoms with E-state index in [-0.39, 0.29) is 5.82 Å². The molecule has 0 amide bonds. The molecule has 2 rings (SSSR count). The van der Waals surface area contributed by atoms with Gasteiger partial charge < -0.3 is 0 Å². The summed E-state index contributed by atoms with van der Waals surface area (Å²) >= 11 is 0. The fourth-order valence-electron chi connectivity index (χ4n) is 1.92. The Hall–Kier alpha value is -1.64. The minimum atomic E-state index is -0.191. The zero-order valence-corrected chi connectivity index (χ0v) is 10.3. The number of benzene rings is 1. The van der Waals surface area contributed by atoms with Gasteiger partial charge in [-0.2, -0.15) is 5.10 Å². The first-order chi connectivity index (χ1) is 8.22. The van der Waals surface area contributed by atoms with Crippen molar-refractivity contribution in [3.05, 3.63) is 53.1 Å². The number of hydrogen-bond acceptors (Lipinski definition) is 1. The zero-order chi connectivity index (χ0) is 12.3. The molecule has 1 aromatic carbocycles. The summed E-state index contributed by atoms with van der Waals surface area (Å²) in [5.74, 6) is -0.191. The summed E-state index contributed by atoms with van der Waals surface area (Å²) in [5.41, 5.74) is 3.25. The Morgan fingerprint density at radius 3 is 2.65 bits per heavy atom. The van der Waals surface area contributed by atoms with Crippen LogP contribution in [-0.4, -0.2) is 9.78 Å². The lowest BCUT2D eigenvalue weighted by Crippen LogP contribution is -2.06. The van der Waals surface area contributed by atoms with E-state index in [1.807, 2.05) is 10.7 Å². The van der Waals surface area contributed by atoms with Gasteiger partial charge in [-0.05, 0) is 36.6 Å². The molecule has 2 aromatic rings. The third-order valence-electron chi connectivity index (χ3n) is 2.86. The summed E-state index contributed by atoms with van der Waals surface area (Å²) in [5, 5.41) is 4.52. The van der Waals surface area contributed by atoms with Crippen molar-refractivity contribution in [1.82, 2.24) is 9.78 Å². The van der Waals surface area contributed by atoms with Gasteiger partial charge in [0.05, 0.1) is 12.2 Å². The Labute approximate surface area is 101 Å². The zero-order valence-electron chi connectivity index (χ0n) is 10.3. The van der Waals surface area contributed by atoms with Crippen LogP contribution in [0.25, 0.3) is 0 Å². The monoisotopic (exact) mass is 232 g/mol. The van der Waals surface area contributed by atoms with Crippen LogP contribution >= 0.6 is 0 Å². The van der Waals surface area contributed by atoms with Crippen molar-refractivity contribution >= 4 is 0 Å². The highest BCUT2D eigenvalue weighted by molar-refractivity contribution is 5.18. The first-order valence-electron chi connectivity index (χ1n) is 6.03. The molecule has 0 bridgehead atoms. The maximum absolute atomic E-state index is 13.1. The highest BCUT2D eigenvalue weighted by atomic mass is 19.1. The standard InChI is InChI=1S/C14H17FN2/c1-3-13-9-14(4-2)17(16-13)10-11-6-5-7-12(15)8-11/h5-9H,3-4,10H2,1-2H3. The SMILES string of the molecule is CCc1cc(CC)n(Cc2cccc(F)c2)n1. The molecule has 0 unspecified atom stereocenters. The second kappa shape index (κ2) is 5.13. The van der Waals surface area contributed by atoms with Crippen LogP contribution in [0, 0.1) is 5.82 Å². The summed E-state index contributed by atoms with van der Waals surface area (Å²) < 4.78 is 15.1. The highest BCUT2D eigenvalue weighted by Crippen LogP contribution is 2.11. The van der Waals surface area contributed by atoms with E-state index in [0.717, 1.165) is 24.1 Å². The highest BCUT2D eigenvalue weighted by Gasteiger charge is 2.06. The van der Waals surface area contributed by atoms with Crippen molar-refractivity contribution in [3.63, 3.8) is 0 Å². The Morgan fingerprint density at radius 2 is 2.00 bits per heavy atom. The fraction of sp³-hybridized carbons (Fsp3) is 0.357. The molecular weight excluding hydrogens is 215 g/mol. The lowest BCUT2D eigenvalue weighted by atomic mass is 10.2. The lowest BCUT2D eigenvalue weighted by Gasteiger charge is -2.06. The molecule has 2 nitrogen and oxygen atoms in total. The van der Waals surface area contributed by atoms with Gasteiger partial charge in [0.2, 0.25) is 0 Å². The van der Waals surface area contributed by atoms with Crippen molar-refractivity contribution in [3.8, 4) is 0 Å². The number of aryl methyl sites for hydroxylation is 2. The first-order valence-corrected chi connectivity index (χ1v) is 6.03. The minimum Gasteiger partial charge on any atom is -0.265 e. The predicted octanol–water partition coefficient (Wildman–Crippen LogP) is 3.20. The number of aromatic nitrogens is 2. The second-order valence-electron chi connectivity index (χ2n) is 4.12. The lowest BCUT2D eigenvalue weighted by molar-refractivity contribution is 0.611. The quantitative estimate of drug-likeness (QED) is 0.791. The molecule has 0 atom stereocenters. The molecule has 0 saturated carbocycles. The molecule has 0 saturated heterocycles. The molecule has 1 heterocycles. The summed E-state index contributed by atoms with van der Waals surface area (Å²) in [7, 11) is 0. The fourth-order valence-corrected chi connectivity index (χ4v) is 1.92. The minimum absolute atomic E-state index is 0.191. The summed E-state index contributed by atoms with van der Waals surface area (Å²) in [6, 6.07) is 8.81. The van der Waals surface area contributed by atoms with Crippen LogP contribution in [0.4, 0.5) is 4.39 Å². The van der Waals surface area contributed by atoms with E-state index in [1.165, 1.54) is 11.8 Å². The Bertz CT molecular complexity index is 503. The normalized spacial score (nSPS) is 10.8. The largest absolute Gasteiger partial charge is 0.265 e.